The Labute approximate surface area is 157 Å². The fourth-order valence-corrected chi connectivity index (χ4v) is 2.80. The lowest BCUT2D eigenvalue weighted by atomic mass is 10.1. The van der Waals surface area contributed by atoms with Crippen LogP contribution < -0.4 is 16.0 Å². The number of nitrogens with zero attached hydrogens (tertiary/aromatic N) is 2. The highest BCUT2D eigenvalue weighted by atomic mass is 16.2. The predicted molar refractivity (Wildman–Crippen MR) is 104 cm³/mol. The molecule has 3 aromatic rings. The molecule has 0 atom stereocenters. The first kappa shape index (κ1) is 18.4. The van der Waals surface area contributed by atoms with Crippen LogP contribution in [0, 0.1) is 0 Å². The van der Waals surface area contributed by atoms with Crippen molar-refractivity contribution in [2.24, 2.45) is 0 Å². The molecule has 0 saturated heterocycles. The molecule has 0 fully saturated rings. The predicted octanol–water partition coefficient (Wildman–Crippen LogP) is 2.29. The van der Waals surface area contributed by atoms with Crippen LogP contribution in [0.3, 0.4) is 0 Å². The van der Waals surface area contributed by atoms with Gasteiger partial charge in [0, 0.05) is 32.2 Å². The lowest BCUT2D eigenvalue weighted by molar-refractivity contribution is 0.0963. The Bertz CT molecular complexity index is 918. The Morgan fingerprint density at radius 1 is 1.04 bits per heavy atom. The lowest BCUT2D eigenvalue weighted by Gasteiger charge is -2.09. The molecule has 7 nitrogen and oxygen atoms in total. The third-order valence-corrected chi connectivity index (χ3v) is 4.28. The summed E-state index contributed by atoms with van der Waals surface area (Å²) in [6.07, 6.45) is 2.64. The first-order valence-corrected chi connectivity index (χ1v) is 8.90. The normalized spacial score (nSPS) is 10.6. The standard InChI is InChI=1S/C20H23N5O2/c1-21-19(26)16-9-7-15(8-10-16)13-23-20(27)22-11-4-12-25-14-24-17-5-2-3-6-18(17)25/h2-3,5-10,14H,4,11-13H2,1H3,(H,21,26)(H2,22,23,27). The van der Waals surface area contributed by atoms with E-state index in [1.807, 2.05) is 42.7 Å². The third kappa shape index (κ3) is 4.84. The number of amides is 3. The molecule has 3 N–H and O–H groups in total. The molecular weight excluding hydrogens is 342 g/mol. The molecule has 3 rings (SSSR count). The number of benzene rings is 2. The monoisotopic (exact) mass is 365 g/mol. The topological polar surface area (TPSA) is 88.0 Å². The quantitative estimate of drug-likeness (QED) is 0.561. The van der Waals surface area contributed by atoms with Gasteiger partial charge in [-0.3, -0.25) is 4.79 Å². The van der Waals surface area contributed by atoms with Crippen molar-refractivity contribution in [1.29, 1.82) is 0 Å². The maximum absolute atomic E-state index is 11.9. The van der Waals surface area contributed by atoms with Crippen molar-refractivity contribution in [3.63, 3.8) is 0 Å². The Balaban J connectivity index is 1.38. The van der Waals surface area contributed by atoms with E-state index in [1.54, 1.807) is 19.2 Å². The van der Waals surface area contributed by atoms with Crippen molar-refractivity contribution in [1.82, 2.24) is 25.5 Å². The average Bonchev–Trinajstić information content (AvgIpc) is 3.12. The molecule has 0 unspecified atom stereocenters. The van der Waals surface area contributed by atoms with Gasteiger partial charge in [-0.25, -0.2) is 9.78 Å². The molecule has 3 amide bonds. The van der Waals surface area contributed by atoms with E-state index in [9.17, 15) is 9.59 Å². The van der Waals surface area contributed by atoms with Crippen molar-refractivity contribution in [3.05, 3.63) is 66.0 Å². The Morgan fingerprint density at radius 2 is 1.81 bits per heavy atom. The maximum Gasteiger partial charge on any atom is 0.315 e. The van der Waals surface area contributed by atoms with Gasteiger partial charge in [0.05, 0.1) is 17.4 Å². The molecule has 0 spiro atoms. The van der Waals surface area contributed by atoms with E-state index < -0.39 is 0 Å². The van der Waals surface area contributed by atoms with Crippen LogP contribution in [0.25, 0.3) is 11.0 Å². The van der Waals surface area contributed by atoms with Crippen LogP contribution >= 0.6 is 0 Å². The van der Waals surface area contributed by atoms with E-state index in [4.69, 9.17) is 0 Å². The van der Waals surface area contributed by atoms with Gasteiger partial charge in [-0.1, -0.05) is 24.3 Å². The first-order valence-electron chi connectivity index (χ1n) is 8.90. The Kier molecular flexibility index (Phi) is 6.04. The zero-order valence-corrected chi connectivity index (χ0v) is 15.2. The minimum absolute atomic E-state index is 0.127. The molecule has 0 radical (unpaired) electrons. The van der Waals surface area contributed by atoms with Crippen LogP contribution in [0.15, 0.2) is 54.9 Å². The molecule has 140 valence electrons. The van der Waals surface area contributed by atoms with Gasteiger partial charge < -0.3 is 20.5 Å². The first-order chi connectivity index (χ1) is 13.2. The van der Waals surface area contributed by atoms with Crippen molar-refractivity contribution < 1.29 is 9.59 Å². The highest BCUT2D eigenvalue weighted by molar-refractivity contribution is 5.93. The van der Waals surface area contributed by atoms with Crippen LogP contribution in [0.2, 0.25) is 0 Å². The number of hydrogen-bond donors (Lipinski definition) is 3. The Hall–Kier alpha value is -3.35. The molecule has 0 saturated carbocycles. The van der Waals surface area contributed by atoms with E-state index in [-0.39, 0.29) is 11.9 Å². The number of imidazole rings is 1. The number of urea groups is 1. The van der Waals surface area contributed by atoms with Gasteiger partial charge in [-0.2, -0.15) is 0 Å². The zero-order chi connectivity index (χ0) is 19.1. The average molecular weight is 365 g/mol. The van der Waals surface area contributed by atoms with Gasteiger partial charge >= 0.3 is 6.03 Å². The molecular formula is C20H23N5O2. The summed E-state index contributed by atoms with van der Waals surface area (Å²) in [6.45, 7) is 1.78. The molecule has 1 heterocycles. The zero-order valence-electron chi connectivity index (χ0n) is 15.2. The molecule has 27 heavy (non-hydrogen) atoms. The molecule has 0 aliphatic rings. The molecule has 7 heteroatoms. The van der Waals surface area contributed by atoms with Crippen molar-refractivity contribution in [3.8, 4) is 0 Å². The number of hydrogen-bond acceptors (Lipinski definition) is 3. The van der Waals surface area contributed by atoms with Gasteiger partial charge in [0.25, 0.3) is 5.91 Å². The number of aromatic nitrogens is 2. The highest BCUT2D eigenvalue weighted by Gasteiger charge is 2.04. The fourth-order valence-electron chi connectivity index (χ4n) is 2.80. The van der Waals surface area contributed by atoms with Gasteiger partial charge in [-0.15, -0.1) is 0 Å². The van der Waals surface area contributed by atoms with Crippen molar-refractivity contribution in [2.75, 3.05) is 13.6 Å². The summed E-state index contributed by atoms with van der Waals surface area (Å²) in [4.78, 5) is 27.8. The number of nitrogens with one attached hydrogen (secondary N) is 3. The second kappa shape index (κ2) is 8.84. The second-order valence-electron chi connectivity index (χ2n) is 6.17. The number of para-hydroxylation sites is 2. The lowest BCUT2D eigenvalue weighted by Crippen LogP contribution is -2.35. The molecule has 2 aromatic carbocycles. The van der Waals surface area contributed by atoms with Crippen LogP contribution in [0.4, 0.5) is 4.79 Å². The van der Waals surface area contributed by atoms with E-state index in [1.165, 1.54) is 0 Å². The van der Waals surface area contributed by atoms with Crippen LogP contribution in [-0.2, 0) is 13.1 Å². The van der Waals surface area contributed by atoms with Crippen LogP contribution in [-0.4, -0.2) is 35.1 Å². The second-order valence-corrected chi connectivity index (χ2v) is 6.17. The van der Waals surface area contributed by atoms with Crippen LogP contribution in [0.1, 0.15) is 22.3 Å². The minimum atomic E-state index is -0.208. The summed E-state index contributed by atoms with van der Waals surface area (Å²) in [7, 11) is 1.59. The largest absolute Gasteiger partial charge is 0.355 e. The number of fused-ring (bicyclic) bond motifs is 1. The fraction of sp³-hybridized carbons (Fsp3) is 0.250. The summed E-state index contributed by atoms with van der Waals surface area (Å²) in [6, 6.07) is 14.9. The van der Waals surface area contributed by atoms with Gasteiger partial charge in [-0.05, 0) is 36.2 Å². The van der Waals surface area contributed by atoms with Gasteiger partial charge in [0.15, 0.2) is 0 Å². The van der Waals surface area contributed by atoms with E-state index in [0.29, 0.717) is 18.7 Å². The summed E-state index contributed by atoms with van der Waals surface area (Å²) >= 11 is 0. The number of carbonyl (C=O) groups excluding carboxylic acids is 2. The minimum Gasteiger partial charge on any atom is -0.355 e. The highest BCUT2D eigenvalue weighted by Crippen LogP contribution is 2.11. The number of aryl methyl sites for hydroxylation is 1. The van der Waals surface area contributed by atoms with E-state index in [2.05, 4.69) is 25.5 Å². The molecule has 1 aromatic heterocycles. The van der Waals surface area contributed by atoms with Gasteiger partial charge in [0.1, 0.15) is 0 Å². The molecule has 0 bridgehead atoms. The van der Waals surface area contributed by atoms with E-state index in [0.717, 1.165) is 29.6 Å². The number of rotatable bonds is 7. The van der Waals surface area contributed by atoms with Crippen LogP contribution in [0.5, 0.6) is 0 Å². The SMILES string of the molecule is CNC(=O)c1ccc(CNC(=O)NCCCn2cnc3ccccc32)cc1. The molecule has 0 aliphatic heterocycles. The van der Waals surface area contributed by atoms with Crippen molar-refractivity contribution >= 4 is 23.0 Å². The van der Waals surface area contributed by atoms with E-state index >= 15 is 0 Å². The summed E-state index contributed by atoms with van der Waals surface area (Å²) in [5.41, 5.74) is 3.60. The Morgan fingerprint density at radius 3 is 2.59 bits per heavy atom. The maximum atomic E-state index is 11.9. The number of carbonyl (C=O) groups is 2. The molecule has 0 aliphatic carbocycles. The van der Waals surface area contributed by atoms with Gasteiger partial charge in [0.2, 0.25) is 0 Å². The smallest absolute Gasteiger partial charge is 0.315 e. The summed E-state index contributed by atoms with van der Waals surface area (Å²) in [5, 5.41) is 8.24. The third-order valence-electron chi connectivity index (χ3n) is 4.28. The summed E-state index contributed by atoms with van der Waals surface area (Å²) < 4.78 is 2.09. The van der Waals surface area contributed by atoms with Crippen molar-refractivity contribution in [2.45, 2.75) is 19.5 Å². The summed E-state index contributed by atoms with van der Waals surface area (Å²) in [5.74, 6) is -0.127.